The van der Waals surface area contributed by atoms with E-state index in [0.29, 0.717) is 5.58 Å². The second kappa shape index (κ2) is 5.50. The van der Waals surface area contributed by atoms with E-state index in [2.05, 4.69) is 12.3 Å². The fourth-order valence-electron chi connectivity index (χ4n) is 2.24. The smallest absolute Gasteiger partial charge is 0.134 e. The molecule has 2 rings (SSSR count). The number of rotatable bonds is 5. The highest BCUT2D eigenvalue weighted by molar-refractivity contribution is 5.82. The minimum absolute atomic E-state index is 0.0135. The molecular weight excluding hydrogens is 231 g/mol. The monoisotopic (exact) mass is 250 g/mol. The summed E-state index contributed by atoms with van der Waals surface area (Å²) in [6.45, 7) is 4.07. The van der Waals surface area contributed by atoms with Crippen molar-refractivity contribution in [1.82, 2.24) is 5.43 Å². The first kappa shape index (κ1) is 13.1. The molecule has 2 aromatic rings. The second-order valence-electron chi connectivity index (χ2n) is 4.59. The van der Waals surface area contributed by atoms with Gasteiger partial charge in [-0.1, -0.05) is 19.8 Å². The lowest BCUT2D eigenvalue weighted by Crippen LogP contribution is -2.28. The van der Waals surface area contributed by atoms with E-state index in [0.717, 1.165) is 36.0 Å². The van der Waals surface area contributed by atoms with E-state index in [1.165, 1.54) is 12.1 Å². The summed E-state index contributed by atoms with van der Waals surface area (Å²) in [7, 11) is 0. The number of nitrogens with one attached hydrogen (secondary N) is 1. The van der Waals surface area contributed by atoms with E-state index in [9.17, 15) is 4.39 Å². The molecule has 0 fully saturated rings. The number of benzene rings is 1. The fraction of sp³-hybridized carbons (Fsp3) is 0.429. The van der Waals surface area contributed by atoms with Gasteiger partial charge in [-0.15, -0.1) is 0 Å². The largest absolute Gasteiger partial charge is 0.459 e. The summed E-state index contributed by atoms with van der Waals surface area (Å²) in [4.78, 5) is 0. The van der Waals surface area contributed by atoms with Gasteiger partial charge in [0.15, 0.2) is 0 Å². The number of aryl methyl sites for hydroxylation is 1. The first-order valence-corrected chi connectivity index (χ1v) is 6.32. The first-order chi connectivity index (χ1) is 8.67. The average Bonchev–Trinajstić information content (AvgIpc) is 2.68. The number of unbranched alkanes of at least 4 members (excludes halogenated alkanes) is 1. The summed E-state index contributed by atoms with van der Waals surface area (Å²) in [6.07, 6.45) is 3.09. The van der Waals surface area contributed by atoms with E-state index in [1.54, 1.807) is 6.07 Å². The molecule has 0 saturated carbocycles. The third-order valence-corrected chi connectivity index (χ3v) is 3.30. The van der Waals surface area contributed by atoms with Crippen molar-refractivity contribution < 1.29 is 8.81 Å². The zero-order valence-corrected chi connectivity index (χ0v) is 10.8. The molecule has 1 aromatic carbocycles. The molecule has 1 aromatic heterocycles. The Balaban J connectivity index is 2.40. The van der Waals surface area contributed by atoms with E-state index in [-0.39, 0.29) is 11.9 Å². The highest BCUT2D eigenvalue weighted by Gasteiger charge is 2.19. The molecule has 0 saturated heterocycles. The summed E-state index contributed by atoms with van der Waals surface area (Å²) >= 11 is 0. The van der Waals surface area contributed by atoms with Crippen molar-refractivity contribution in [3.63, 3.8) is 0 Å². The fourth-order valence-corrected chi connectivity index (χ4v) is 2.24. The predicted molar refractivity (Wildman–Crippen MR) is 70.5 cm³/mol. The molecule has 1 unspecified atom stereocenters. The molecule has 0 bridgehead atoms. The van der Waals surface area contributed by atoms with Crippen LogP contribution in [0.5, 0.6) is 0 Å². The van der Waals surface area contributed by atoms with Crippen molar-refractivity contribution in [1.29, 1.82) is 0 Å². The van der Waals surface area contributed by atoms with Gasteiger partial charge in [-0.25, -0.2) is 9.82 Å². The van der Waals surface area contributed by atoms with Gasteiger partial charge in [0.05, 0.1) is 6.04 Å². The quantitative estimate of drug-likeness (QED) is 0.630. The molecule has 18 heavy (non-hydrogen) atoms. The Morgan fingerprint density at radius 3 is 2.89 bits per heavy atom. The van der Waals surface area contributed by atoms with Crippen LogP contribution >= 0.6 is 0 Å². The maximum Gasteiger partial charge on any atom is 0.134 e. The molecule has 3 N–H and O–H groups in total. The van der Waals surface area contributed by atoms with Crippen LogP contribution in [-0.2, 0) is 0 Å². The number of hydrogen-bond donors (Lipinski definition) is 2. The summed E-state index contributed by atoms with van der Waals surface area (Å²) < 4.78 is 19.0. The van der Waals surface area contributed by atoms with E-state index < -0.39 is 0 Å². The topological polar surface area (TPSA) is 51.2 Å². The van der Waals surface area contributed by atoms with Crippen LogP contribution in [0.2, 0.25) is 0 Å². The summed E-state index contributed by atoms with van der Waals surface area (Å²) in [5.74, 6) is 6.15. The van der Waals surface area contributed by atoms with Crippen LogP contribution in [0.1, 0.15) is 43.6 Å². The van der Waals surface area contributed by atoms with E-state index in [4.69, 9.17) is 10.3 Å². The number of fused-ring (bicyclic) bond motifs is 1. The second-order valence-corrected chi connectivity index (χ2v) is 4.59. The Morgan fingerprint density at radius 1 is 1.44 bits per heavy atom. The van der Waals surface area contributed by atoms with Gasteiger partial charge >= 0.3 is 0 Å². The Bertz CT molecular complexity index is 536. The zero-order valence-electron chi connectivity index (χ0n) is 10.8. The zero-order chi connectivity index (χ0) is 13.1. The van der Waals surface area contributed by atoms with Gasteiger partial charge in [-0.2, -0.15) is 0 Å². The lowest BCUT2D eigenvalue weighted by Gasteiger charge is -2.13. The Morgan fingerprint density at radius 2 is 2.22 bits per heavy atom. The lowest BCUT2D eigenvalue weighted by atomic mass is 10.0. The van der Waals surface area contributed by atoms with Crippen molar-refractivity contribution in [3.8, 4) is 0 Å². The van der Waals surface area contributed by atoms with Crippen LogP contribution in [-0.4, -0.2) is 0 Å². The molecular formula is C14H19FN2O. The minimum Gasteiger partial charge on any atom is -0.459 e. The van der Waals surface area contributed by atoms with E-state index >= 15 is 0 Å². The maximum atomic E-state index is 13.2. The number of furan rings is 1. The number of halogens is 1. The van der Waals surface area contributed by atoms with Gasteiger partial charge in [0.25, 0.3) is 0 Å². The number of nitrogens with two attached hydrogens (primary N) is 1. The SMILES string of the molecule is CCCCC(NN)c1oc2ccc(F)cc2c1C. The van der Waals surface area contributed by atoms with E-state index in [1.807, 2.05) is 6.92 Å². The Hall–Kier alpha value is -1.39. The van der Waals surface area contributed by atoms with Crippen LogP contribution < -0.4 is 11.3 Å². The number of hydrogen-bond acceptors (Lipinski definition) is 3. The molecule has 0 aliphatic rings. The molecule has 0 radical (unpaired) electrons. The highest BCUT2D eigenvalue weighted by atomic mass is 19.1. The van der Waals surface area contributed by atoms with Crippen LogP contribution in [0.4, 0.5) is 4.39 Å². The predicted octanol–water partition coefficient (Wildman–Crippen LogP) is 3.57. The molecule has 1 atom stereocenters. The van der Waals surface area contributed by atoms with Crippen molar-refractivity contribution in [2.24, 2.45) is 5.84 Å². The summed E-state index contributed by atoms with van der Waals surface area (Å²) in [5, 5.41) is 0.821. The third-order valence-electron chi connectivity index (χ3n) is 3.30. The van der Waals surface area contributed by atoms with Gasteiger partial charge in [-0.05, 0) is 31.5 Å². The van der Waals surface area contributed by atoms with Gasteiger partial charge in [-0.3, -0.25) is 5.84 Å². The minimum atomic E-state index is -0.247. The van der Waals surface area contributed by atoms with Crippen LogP contribution in [0.15, 0.2) is 22.6 Å². The Labute approximate surface area is 106 Å². The van der Waals surface area contributed by atoms with Gasteiger partial charge < -0.3 is 4.42 Å². The van der Waals surface area contributed by atoms with Crippen LogP contribution in [0, 0.1) is 12.7 Å². The molecule has 4 heteroatoms. The molecule has 98 valence electrons. The van der Waals surface area contributed by atoms with Gasteiger partial charge in [0, 0.05) is 10.9 Å². The van der Waals surface area contributed by atoms with Crippen molar-refractivity contribution in [3.05, 3.63) is 35.3 Å². The summed E-state index contributed by atoms with van der Waals surface area (Å²) in [5.41, 5.74) is 4.45. The number of hydrazine groups is 1. The first-order valence-electron chi connectivity index (χ1n) is 6.32. The Kier molecular flexibility index (Phi) is 3.99. The van der Waals surface area contributed by atoms with Crippen molar-refractivity contribution >= 4 is 11.0 Å². The molecule has 1 heterocycles. The highest BCUT2D eigenvalue weighted by Crippen LogP contribution is 2.31. The molecule has 0 aliphatic carbocycles. The standard InChI is InChI=1S/C14H19FN2O/c1-3-4-5-12(17-16)14-9(2)11-8-10(15)6-7-13(11)18-14/h6-8,12,17H,3-5,16H2,1-2H3. The molecule has 0 aliphatic heterocycles. The van der Waals surface area contributed by atoms with Crippen molar-refractivity contribution in [2.75, 3.05) is 0 Å². The van der Waals surface area contributed by atoms with Crippen LogP contribution in [0.3, 0.4) is 0 Å². The lowest BCUT2D eigenvalue weighted by molar-refractivity contribution is 0.405. The average molecular weight is 250 g/mol. The van der Waals surface area contributed by atoms with Gasteiger partial charge in [0.1, 0.15) is 17.2 Å². The van der Waals surface area contributed by atoms with Crippen molar-refractivity contribution in [2.45, 2.75) is 39.2 Å². The van der Waals surface area contributed by atoms with Gasteiger partial charge in [0.2, 0.25) is 0 Å². The summed E-state index contributed by atoms with van der Waals surface area (Å²) in [6, 6.07) is 4.56. The molecule has 0 spiro atoms. The molecule has 0 amide bonds. The molecule has 3 nitrogen and oxygen atoms in total. The maximum absolute atomic E-state index is 13.2. The van der Waals surface area contributed by atoms with Crippen LogP contribution in [0.25, 0.3) is 11.0 Å². The third kappa shape index (κ3) is 2.40. The normalized spacial score (nSPS) is 13.1.